The molecule has 0 aromatic heterocycles. The smallest absolute Gasteiger partial charge is 0.306 e. The van der Waals surface area contributed by atoms with Crippen LogP contribution >= 0.6 is 0 Å². The zero-order valence-corrected chi connectivity index (χ0v) is 36.0. The van der Waals surface area contributed by atoms with E-state index in [-0.39, 0.29) is 25.6 Å². The van der Waals surface area contributed by atoms with Gasteiger partial charge in [0.05, 0.1) is 19.8 Å². The molecule has 9 nitrogen and oxygen atoms in total. The van der Waals surface area contributed by atoms with Gasteiger partial charge in [-0.25, -0.2) is 0 Å². The Balaban J connectivity index is 2.32. The number of unbranched alkanes of at least 4 members (excludes halogenated alkanes) is 9. The van der Waals surface area contributed by atoms with Crippen LogP contribution in [0.15, 0.2) is 97.2 Å². The van der Waals surface area contributed by atoms with Gasteiger partial charge in [0.1, 0.15) is 30.5 Å². The number of allylic oxidation sites excluding steroid dienone is 16. The molecule has 0 radical (unpaired) electrons. The molecule has 58 heavy (non-hydrogen) atoms. The minimum Gasteiger partial charge on any atom is -0.457 e. The fourth-order valence-electron chi connectivity index (χ4n) is 6.06. The Morgan fingerprint density at radius 2 is 1.00 bits per heavy atom. The molecule has 0 aliphatic carbocycles. The van der Waals surface area contributed by atoms with E-state index >= 15 is 0 Å². The Kier molecular flexibility index (Phi) is 36.2. The van der Waals surface area contributed by atoms with E-state index in [0.717, 1.165) is 116 Å². The van der Waals surface area contributed by atoms with Gasteiger partial charge in [0.2, 0.25) is 0 Å². The summed E-state index contributed by atoms with van der Waals surface area (Å²) in [5, 5.41) is 40.1. The highest BCUT2D eigenvalue weighted by atomic mass is 16.7. The number of aliphatic hydroxyl groups excluding tert-OH is 4. The van der Waals surface area contributed by atoms with Crippen molar-refractivity contribution in [1.29, 1.82) is 0 Å². The summed E-state index contributed by atoms with van der Waals surface area (Å²) >= 11 is 0. The van der Waals surface area contributed by atoms with E-state index in [0.29, 0.717) is 6.61 Å². The van der Waals surface area contributed by atoms with E-state index in [1.54, 1.807) is 0 Å². The Bertz CT molecular complexity index is 1200. The Labute approximate surface area is 352 Å². The lowest BCUT2D eigenvalue weighted by atomic mass is 9.99. The monoisotopic (exact) mass is 813 g/mol. The highest BCUT2D eigenvalue weighted by Gasteiger charge is 2.44. The number of hydrogen-bond acceptors (Lipinski definition) is 9. The van der Waals surface area contributed by atoms with Gasteiger partial charge >= 0.3 is 5.97 Å². The van der Waals surface area contributed by atoms with E-state index in [4.69, 9.17) is 18.9 Å². The summed E-state index contributed by atoms with van der Waals surface area (Å²) in [4.78, 5) is 12.8. The van der Waals surface area contributed by atoms with Crippen molar-refractivity contribution in [3.8, 4) is 0 Å². The zero-order chi connectivity index (χ0) is 42.2. The maximum atomic E-state index is 12.8. The van der Waals surface area contributed by atoms with Crippen molar-refractivity contribution in [2.24, 2.45) is 0 Å². The molecule has 1 fully saturated rings. The lowest BCUT2D eigenvalue weighted by Crippen LogP contribution is -2.59. The minimum atomic E-state index is -1.55. The second-order valence-corrected chi connectivity index (χ2v) is 14.7. The molecule has 0 spiro atoms. The van der Waals surface area contributed by atoms with Crippen LogP contribution in [0.25, 0.3) is 0 Å². The van der Waals surface area contributed by atoms with E-state index in [1.807, 2.05) is 0 Å². The zero-order valence-electron chi connectivity index (χ0n) is 36.0. The molecule has 0 bridgehead atoms. The van der Waals surface area contributed by atoms with Crippen LogP contribution in [-0.4, -0.2) is 89.6 Å². The molecular formula is C49H80O9. The largest absolute Gasteiger partial charge is 0.457 e. The number of carbonyl (C=O) groups excluding carboxylic acids is 1. The van der Waals surface area contributed by atoms with Crippen LogP contribution in [0.2, 0.25) is 0 Å². The molecule has 1 aliphatic rings. The molecule has 6 unspecified atom stereocenters. The summed E-state index contributed by atoms with van der Waals surface area (Å²) in [6.45, 7) is 4.21. The number of rotatable bonds is 36. The molecule has 6 atom stereocenters. The summed E-state index contributed by atoms with van der Waals surface area (Å²) in [6, 6.07) is 0. The van der Waals surface area contributed by atoms with Crippen LogP contribution in [0.3, 0.4) is 0 Å². The third kappa shape index (κ3) is 30.2. The fourth-order valence-corrected chi connectivity index (χ4v) is 6.06. The molecule has 330 valence electrons. The van der Waals surface area contributed by atoms with E-state index < -0.39 is 43.4 Å². The van der Waals surface area contributed by atoms with E-state index in [9.17, 15) is 25.2 Å². The van der Waals surface area contributed by atoms with Gasteiger partial charge in [-0.05, 0) is 89.9 Å². The van der Waals surface area contributed by atoms with E-state index in [1.165, 1.54) is 6.42 Å². The molecular weight excluding hydrogens is 733 g/mol. The number of carbonyl (C=O) groups is 1. The molecule has 1 aliphatic heterocycles. The summed E-state index contributed by atoms with van der Waals surface area (Å²) < 4.78 is 22.8. The second kappa shape index (κ2) is 39.6. The van der Waals surface area contributed by atoms with Gasteiger partial charge in [-0.3, -0.25) is 4.79 Å². The van der Waals surface area contributed by atoms with Gasteiger partial charge in [-0.1, -0.05) is 143 Å². The Hall–Kier alpha value is -2.89. The summed E-state index contributed by atoms with van der Waals surface area (Å²) in [5.74, 6) is -0.344. The molecule has 1 saturated heterocycles. The first-order valence-electron chi connectivity index (χ1n) is 22.3. The van der Waals surface area contributed by atoms with Crippen molar-refractivity contribution in [2.45, 2.75) is 179 Å². The average molecular weight is 813 g/mol. The molecule has 0 saturated carbocycles. The molecule has 4 N–H and O–H groups in total. The fraction of sp³-hybridized carbons (Fsp3) is 0.653. The Morgan fingerprint density at radius 1 is 0.552 bits per heavy atom. The van der Waals surface area contributed by atoms with Crippen molar-refractivity contribution in [3.63, 3.8) is 0 Å². The molecule has 0 aromatic rings. The van der Waals surface area contributed by atoms with Gasteiger partial charge in [0.15, 0.2) is 6.29 Å². The van der Waals surface area contributed by atoms with Crippen LogP contribution in [-0.2, 0) is 23.7 Å². The molecule has 0 aromatic carbocycles. The van der Waals surface area contributed by atoms with Crippen molar-refractivity contribution in [3.05, 3.63) is 97.2 Å². The molecule has 1 heterocycles. The predicted molar refractivity (Wildman–Crippen MR) is 237 cm³/mol. The highest BCUT2D eigenvalue weighted by molar-refractivity contribution is 5.69. The van der Waals surface area contributed by atoms with Gasteiger partial charge in [0.25, 0.3) is 0 Å². The number of aliphatic hydroxyl groups is 4. The van der Waals surface area contributed by atoms with E-state index in [2.05, 4.69) is 111 Å². The topological polar surface area (TPSA) is 135 Å². The van der Waals surface area contributed by atoms with Crippen LogP contribution in [0.4, 0.5) is 0 Å². The maximum Gasteiger partial charge on any atom is 0.306 e. The summed E-state index contributed by atoms with van der Waals surface area (Å²) in [7, 11) is 0. The maximum absolute atomic E-state index is 12.8. The van der Waals surface area contributed by atoms with Crippen molar-refractivity contribution in [2.75, 3.05) is 26.4 Å². The van der Waals surface area contributed by atoms with Gasteiger partial charge in [-0.15, -0.1) is 0 Å². The van der Waals surface area contributed by atoms with Gasteiger partial charge < -0.3 is 39.4 Å². The van der Waals surface area contributed by atoms with Crippen LogP contribution < -0.4 is 0 Å². The highest BCUT2D eigenvalue weighted by Crippen LogP contribution is 2.22. The van der Waals surface area contributed by atoms with Gasteiger partial charge in [-0.2, -0.15) is 0 Å². The average Bonchev–Trinajstić information content (AvgIpc) is 3.22. The lowest BCUT2D eigenvalue weighted by molar-refractivity contribution is -0.305. The lowest BCUT2D eigenvalue weighted by Gasteiger charge is -2.39. The third-order valence-corrected chi connectivity index (χ3v) is 9.50. The van der Waals surface area contributed by atoms with Crippen molar-refractivity contribution < 1.29 is 44.2 Å². The van der Waals surface area contributed by atoms with Crippen LogP contribution in [0.5, 0.6) is 0 Å². The van der Waals surface area contributed by atoms with Crippen molar-refractivity contribution >= 4 is 5.97 Å². The number of ether oxygens (including phenoxy) is 4. The molecule has 1 rings (SSSR count). The first kappa shape index (κ1) is 53.1. The Morgan fingerprint density at radius 3 is 1.50 bits per heavy atom. The number of hydrogen-bond donors (Lipinski definition) is 4. The minimum absolute atomic E-state index is 0.110. The normalized spacial score (nSPS) is 21.2. The van der Waals surface area contributed by atoms with Crippen molar-refractivity contribution in [1.82, 2.24) is 0 Å². The standard InChI is InChI=1S/C49H80O9/c1-3-5-7-9-11-13-15-17-19-21-22-23-24-26-28-30-32-34-36-38-45(51)57-43(42-56-49-48(54)47(53)46(52)44(40-50)58-49)41-55-39-37-35-33-31-29-27-25-20-18-16-14-12-10-8-6-4-2/h5-8,11-14,17-20,22-23,27,29,43-44,46-50,52-54H,3-4,9-10,15-16,21,24-26,28,30-42H2,1-2H3/b7-5-,8-6-,13-11-,14-12-,19-17-,20-18-,23-22-,29-27-. The predicted octanol–water partition coefficient (Wildman–Crippen LogP) is 10.0. The third-order valence-electron chi connectivity index (χ3n) is 9.50. The summed E-state index contributed by atoms with van der Waals surface area (Å²) in [5.41, 5.74) is 0. The second-order valence-electron chi connectivity index (χ2n) is 14.7. The quantitative estimate of drug-likeness (QED) is 0.0277. The van der Waals surface area contributed by atoms with Gasteiger partial charge in [0, 0.05) is 13.0 Å². The summed E-state index contributed by atoms with van der Waals surface area (Å²) in [6.07, 6.45) is 47.2. The first-order valence-corrected chi connectivity index (χ1v) is 22.3. The molecule has 0 amide bonds. The molecule has 9 heteroatoms. The first-order chi connectivity index (χ1) is 28.4. The van der Waals surface area contributed by atoms with Crippen LogP contribution in [0, 0.1) is 0 Å². The van der Waals surface area contributed by atoms with Crippen LogP contribution in [0.1, 0.15) is 142 Å². The SMILES string of the molecule is CC/C=C\C/C=C\C/C=C\C/C=C\CCCCCCCCC(=O)OC(COCCCCC/C=C\C/C=C\C/C=C\C/C=C\CC)COC1OC(CO)C(O)C(O)C1O. The number of esters is 1.